The normalized spacial score (nSPS) is 10.9. The van der Waals surface area contributed by atoms with E-state index in [-0.39, 0.29) is 5.69 Å². The van der Waals surface area contributed by atoms with Gasteiger partial charge in [0.25, 0.3) is 5.69 Å². The van der Waals surface area contributed by atoms with Gasteiger partial charge >= 0.3 is 0 Å². The van der Waals surface area contributed by atoms with Crippen LogP contribution in [-0.4, -0.2) is 24.7 Å². The van der Waals surface area contributed by atoms with E-state index in [1.54, 1.807) is 41.5 Å². The quantitative estimate of drug-likeness (QED) is 0.364. The van der Waals surface area contributed by atoms with Gasteiger partial charge in [-0.1, -0.05) is 17.7 Å². The van der Waals surface area contributed by atoms with Crippen molar-refractivity contribution in [2.24, 2.45) is 0 Å². The maximum atomic E-state index is 11.3. The third-order valence-electron chi connectivity index (χ3n) is 4.17. The first-order valence-corrected chi connectivity index (χ1v) is 9.01. The Morgan fingerprint density at radius 1 is 1.17 bits per heavy atom. The van der Waals surface area contributed by atoms with Crippen molar-refractivity contribution in [2.45, 2.75) is 13.1 Å². The summed E-state index contributed by atoms with van der Waals surface area (Å²) in [5, 5.41) is 18.9. The monoisotopic (exact) mass is 410 g/mol. The smallest absolute Gasteiger partial charge is 0.281 e. The predicted octanol–water partition coefficient (Wildman–Crippen LogP) is 3.77. The van der Waals surface area contributed by atoms with Gasteiger partial charge in [-0.25, -0.2) is 14.6 Å². The lowest BCUT2D eigenvalue weighted by Crippen LogP contribution is -2.12. The van der Waals surface area contributed by atoms with Crippen molar-refractivity contribution in [3.63, 3.8) is 0 Å². The highest BCUT2D eigenvalue weighted by Gasteiger charge is 2.18. The molecule has 1 aromatic carbocycles. The molecule has 1 N–H and O–H groups in total. The maximum absolute atomic E-state index is 11.3. The minimum absolute atomic E-state index is 0.0927. The lowest BCUT2D eigenvalue weighted by Gasteiger charge is -2.05. The zero-order chi connectivity index (χ0) is 20.2. The predicted molar refractivity (Wildman–Crippen MR) is 106 cm³/mol. The Morgan fingerprint density at radius 3 is 2.79 bits per heavy atom. The minimum Gasteiger partial charge on any atom is -0.459 e. The second kappa shape index (κ2) is 8.21. The van der Waals surface area contributed by atoms with Crippen LogP contribution in [0, 0.1) is 10.1 Å². The topological polar surface area (TPSA) is 112 Å². The van der Waals surface area contributed by atoms with E-state index in [1.165, 1.54) is 12.4 Å². The third kappa shape index (κ3) is 4.31. The molecule has 4 rings (SSSR count). The molecule has 10 heteroatoms. The van der Waals surface area contributed by atoms with Gasteiger partial charge in [0, 0.05) is 23.8 Å². The number of benzene rings is 1. The van der Waals surface area contributed by atoms with Crippen LogP contribution in [0.25, 0.3) is 17.1 Å². The molecule has 0 fully saturated rings. The van der Waals surface area contributed by atoms with Crippen molar-refractivity contribution in [3.8, 4) is 17.1 Å². The lowest BCUT2D eigenvalue weighted by atomic mass is 10.1. The van der Waals surface area contributed by atoms with Crippen LogP contribution in [0.3, 0.4) is 0 Å². The first-order chi connectivity index (χ1) is 14.1. The minimum atomic E-state index is -0.475. The SMILES string of the molecule is O=[N+]([O-])c1cc(Cl)ccc1-c1ccc(CNCc2ccc(-n3cncn3)nc2)o1. The molecule has 0 unspecified atom stereocenters. The van der Waals surface area contributed by atoms with Gasteiger partial charge in [-0.2, -0.15) is 5.10 Å². The average Bonchev–Trinajstić information content (AvgIpc) is 3.41. The molecule has 0 atom stereocenters. The van der Waals surface area contributed by atoms with E-state index in [9.17, 15) is 10.1 Å². The number of nitro benzene ring substituents is 1. The van der Waals surface area contributed by atoms with Crippen LogP contribution < -0.4 is 5.32 Å². The third-order valence-corrected chi connectivity index (χ3v) is 4.41. The summed E-state index contributed by atoms with van der Waals surface area (Å²) < 4.78 is 7.34. The number of nitro groups is 1. The summed E-state index contributed by atoms with van der Waals surface area (Å²) in [6, 6.07) is 11.8. The van der Waals surface area contributed by atoms with E-state index in [2.05, 4.69) is 20.4 Å². The van der Waals surface area contributed by atoms with Crippen molar-refractivity contribution >= 4 is 17.3 Å². The van der Waals surface area contributed by atoms with Gasteiger partial charge in [-0.3, -0.25) is 10.1 Å². The fraction of sp³-hybridized carbons (Fsp3) is 0.105. The number of rotatable bonds is 7. The number of pyridine rings is 1. The van der Waals surface area contributed by atoms with E-state index in [1.807, 2.05) is 12.1 Å². The highest BCUT2D eigenvalue weighted by Crippen LogP contribution is 2.33. The second-order valence-corrected chi connectivity index (χ2v) is 6.59. The summed E-state index contributed by atoms with van der Waals surface area (Å²) >= 11 is 5.86. The van der Waals surface area contributed by atoms with Crippen LogP contribution in [-0.2, 0) is 13.1 Å². The van der Waals surface area contributed by atoms with Gasteiger partial charge in [0.2, 0.25) is 0 Å². The van der Waals surface area contributed by atoms with E-state index in [0.29, 0.717) is 41.0 Å². The highest BCUT2D eigenvalue weighted by atomic mass is 35.5. The van der Waals surface area contributed by atoms with Crippen molar-refractivity contribution in [3.05, 3.63) is 87.8 Å². The van der Waals surface area contributed by atoms with Crippen molar-refractivity contribution in [1.82, 2.24) is 25.1 Å². The number of hydrogen-bond donors (Lipinski definition) is 1. The van der Waals surface area contributed by atoms with Crippen molar-refractivity contribution < 1.29 is 9.34 Å². The molecule has 146 valence electrons. The summed E-state index contributed by atoms with van der Waals surface area (Å²) in [4.78, 5) is 19.0. The zero-order valence-corrected chi connectivity index (χ0v) is 15.8. The Hall–Kier alpha value is -3.56. The molecule has 29 heavy (non-hydrogen) atoms. The number of hydrogen-bond acceptors (Lipinski definition) is 7. The van der Waals surface area contributed by atoms with Gasteiger partial charge < -0.3 is 9.73 Å². The maximum Gasteiger partial charge on any atom is 0.281 e. The Labute approximate surface area is 170 Å². The molecule has 0 spiro atoms. The summed E-state index contributed by atoms with van der Waals surface area (Å²) in [6.07, 6.45) is 4.79. The molecule has 3 aromatic heterocycles. The van der Waals surface area contributed by atoms with Crippen molar-refractivity contribution in [2.75, 3.05) is 0 Å². The fourth-order valence-electron chi connectivity index (χ4n) is 2.80. The van der Waals surface area contributed by atoms with E-state index in [0.717, 1.165) is 5.56 Å². The molecule has 4 aromatic rings. The second-order valence-electron chi connectivity index (χ2n) is 6.15. The molecule has 0 amide bonds. The number of nitrogens with zero attached hydrogens (tertiary/aromatic N) is 5. The molecule has 3 heterocycles. The van der Waals surface area contributed by atoms with Crippen LogP contribution >= 0.6 is 11.6 Å². The van der Waals surface area contributed by atoms with Crippen LogP contribution in [0.2, 0.25) is 5.02 Å². The first-order valence-electron chi connectivity index (χ1n) is 8.64. The van der Waals surface area contributed by atoms with E-state index in [4.69, 9.17) is 16.0 Å². The lowest BCUT2D eigenvalue weighted by molar-refractivity contribution is -0.384. The molecule has 0 aliphatic carbocycles. The Kier molecular flexibility index (Phi) is 5.32. The Balaban J connectivity index is 1.38. The zero-order valence-electron chi connectivity index (χ0n) is 15.0. The molecule has 0 saturated heterocycles. The summed E-state index contributed by atoms with van der Waals surface area (Å²) in [6.45, 7) is 1.05. The summed E-state index contributed by atoms with van der Waals surface area (Å²) in [7, 11) is 0. The number of aromatic nitrogens is 4. The molecule has 9 nitrogen and oxygen atoms in total. The molecule has 0 saturated carbocycles. The van der Waals surface area contributed by atoms with E-state index >= 15 is 0 Å². The van der Waals surface area contributed by atoms with Gasteiger partial charge in [0.05, 0.1) is 17.0 Å². The Morgan fingerprint density at radius 2 is 2.07 bits per heavy atom. The molecular weight excluding hydrogens is 396 g/mol. The number of nitrogens with one attached hydrogen (secondary N) is 1. The van der Waals surface area contributed by atoms with Crippen LogP contribution in [0.15, 0.2) is 65.7 Å². The molecular formula is C19H15ClN6O3. The van der Waals surface area contributed by atoms with Crippen LogP contribution in [0.5, 0.6) is 0 Å². The van der Waals surface area contributed by atoms with Gasteiger partial charge in [-0.05, 0) is 35.9 Å². The fourth-order valence-corrected chi connectivity index (χ4v) is 2.96. The van der Waals surface area contributed by atoms with Crippen LogP contribution in [0.4, 0.5) is 5.69 Å². The number of furan rings is 1. The van der Waals surface area contributed by atoms with Crippen molar-refractivity contribution in [1.29, 1.82) is 0 Å². The van der Waals surface area contributed by atoms with Gasteiger partial charge in [0.1, 0.15) is 24.2 Å². The highest BCUT2D eigenvalue weighted by molar-refractivity contribution is 6.30. The van der Waals surface area contributed by atoms with Gasteiger partial charge in [0.15, 0.2) is 5.82 Å². The summed E-state index contributed by atoms with van der Waals surface area (Å²) in [5.41, 5.74) is 1.29. The largest absolute Gasteiger partial charge is 0.459 e. The van der Waals surface area contributed by atoms with E-state index < -0.39 is 4.92 Å². The van der Waals surface area contributed by atoms with Crippen LogP contribution in [0.1, 0.15) is 11.3 Å². The summed E-state index contributed by atoms with van der Waals surface area (Å²) in [5.74, 6) is 1.77. The molecule has 0 aliphatic heterocycles. The number of halogens is 1. The standard InChI is InChI=1S/C19H15ClN6O3/c20-14-2-4-16(17(7-14)26(27)28)18-5-3-15(29-18)10-21-8-13-1-6-19(23-9-13)25-12-22-11-24-25/h1-7,9,11-12,21H,8,10H2. The molecule has 0 aliphatic rings. The Bertz CT molecular complexity index is 1130. The molecule has 0 bridgehead atoms. The van der Waals surface area contributed by atoms with Gasteiger partial charge in [-0.15, -0.1) is 0 Å². The average molecular weight is 411 g/mol. The molecule has 0 radical (unpaired) electrons. The first kappa shape index (κ1) is 18.8.